The molecule has 0 N–H and O–H groups in total. The van der Waals surface area contributed by atoms with Crippen LogP contribution in [0.4, 0.5) is 11.4 Å². The summed E-state index contributed by atoms with van der Waals surface area (Å²) in [5.74, 6) is 0.624. The van der Waals surface area contributed by atoms with Crippen LogP contribution < -0.4 is 9.64 Å². The average molecular weight is 266 g/mol. The van der Waals surface area contributed by atoms with E-state index in [-0.39, 0.29) is 16.7 Å². The van der Waals surface area contributed by atoms with Crippen molar-refractivity contribution < 1.29 is 14.4 Å². The van der Waals surface area contributed by atoms with Crippen molar-refractivity contribution in [2.75, 3.05) is 31.7 Å². The van der Waals surface area contributed by atoms with Crippen molar-refractivity contribution in [3.8, 4) is 5.75 Å². The Morgan fingerprint density at radius 2 is 2.32 bits per heavy atom. The predicted octanol–water partition coefficient (Wildman–Crippen LogP) is 2.22. The standard InChI is InChI=1S/C13H18N2O4/c1-10-9-14(6-3-7-19-10)13-8-11(18-2)4-5-12(13)15(16)17/h4-5,8,10H,3,6-7,9H2,1-2H3. The van der Waals surface area contributed by atoms with Crippen LogP contribution in [0.5, 0.6) is 5.75 Å². The van der Waals surface area contributed by atoms with Crippen LogP contribution in [0.25, 0.3) is 0 Å². The van der Waals surface area contributed by atoms with Crippen molar-refractivity contribution in [1.29, 1.82) is 0 Å². The van der Waals surface area contributed by atoms with Gasteiger partial charge in [-0.3, -0.25) is 10.1 Å². The highest BCUT2D eigenvalue weighted by Crippen LogP contribution is 2.33. The van der Waals surface area contributed by atoms with Crippen LogP contribution in [-0.4, -0.2) is 37.8 Å². The molecule has 0 aromatic heterocycles. The molecule has 1 atom stereocenters. The van der Waals surface area contributed by atoms with Gasteiger partial charge in [0.25, 0.3) is 5.69 Å². The van der Waals surface area contributed by atoms with E-state index in [2.05, 4.69) is 0 Å². The van der Waals surface area contributed by atoms with Crippen molar-refractivity contribution in [3.05, 3.63) is 28.3 Å². The summed E-state index contributed by atoms with van der Waals surface area (Å²) in [5, 5.41) is 11.1. The molecule has 19 heavy (non-hydrogen) atoms. The first-order valence-electron chi connectivity index (χ1n) is 6.31. The lowest BCUT2D eigenvalue weighted by atomic mass is 10.2. The topological polar surface area (TPSA) is 64.8 Å². The summed E-state index contributed by atoms with van der Waals surface area (Å²) in [5.41, 5.74) is 0.705. The minimum absolute atomic E-state index is 0.0632. The van der Waals surface area contributed by atoms with E-state index in [4.69, 9.17) is 9.47 Å². The molecule has 6 heteroatoms. The first kappa shape index (κ1) is 13.6. The number of nitro groups is 1. The first-order valence-corrected chi connectivity index (χ1v) is 6.31. The third-order valence-electron chi connectivity index (χ3n) is 3.17. The number of anilines is 1. The van der Waals surface area contributed by atoms with Gasteiger partial charge in [0.15, 0.2) is 0 Å². The predicted molar refractivity (Wildman–Crippen MR) is 71.9 cm³/mol. The zero-order chi connectivity index (χ0) is 13.8. The fraction of sp³-hybridized carbons (Fsp3) is 0.538. The number of nitrogens with zero attached hydrogens (tertiary/aromatic N) is 2. The van der Waals surface area contributed by atoms with Crippen molar-refractivity contribution in [2.45, 2.75) is 19.4 Å². The van der Waals surface area contributed by atoms with E-state index in [1.165, 1.54) is 6.07 Å². The monoisotopic (exact) mass is 266 g/mol. The van der Waals surface area contributed by atoms with Crippen molar-refractivity contribution >= 4 is 11.4 Å². The molecule has 104 valence electrons. The molecule has 1 aromatic carbocycles. The molecule has 0 saturated carbocycles. The minimum atomic E-state index is -0.356. The van der Waals surface area contributed by atoms with Crippen LogP contribution in [-0.2, 0) is 4.74 Å². The normalized spacial score (nSPS) is 19.9. The fourth-order valence-corrected chi connectivity index (χ4v) is 2.25. The van der Waals surface area contributed by atoms with E-state index in [9.17, 15) is 10.1 Å². The molecule has 6 nitrogen and oxygen atoms in total. The Morgan fingerprint density at radius 3 is 3.00 bits per heavy atom. The third kappa shape index (κ3) is 3.14. The summed E-state index contributed by atoms with van der Waals surface area (Å²) in [6.45, 7) is 4.06. The smallest absolute Gasteiger partial charge is 0.292 e. The van der Waals surface area contributed by atoms with E-state index in [0.717, 1.165) is 13.0 Å². The summed E-state index contributed by atoms with van der Waals surface area (Å²) in [6, 6.07) is 4.82. The minimum Gasteiger partial charge on any atom is -0.497 e. The van der Waals surface area contributed by atoms with Gasteiger partial charge in [0.05, 0.1) is 18.1 Å². The van der Waals surface area contributed by atoms with Gasteiger partial charge in [-0.25, -0.2) is 0 Å². The summed E-state index contributed by atoms with van der Waals surface area (Å²) >= 11 is 0. The maximum absolute atomic E-state index is 11.1. The third-order valence-corrected chi connectivity index (χ3v) is 3.17. The number of hydrogen-bond donors (Lipinski definition) is 0. The van der Waals surface area contributed by atoms with Crippen LogP contribution >= 0.6 is 0 Å². The molecule has 0 spiro atoms. The summed E-state index contributed by atoms with van der Waals surface area (Å²) in [7, 11) is 1.55. The van der Waals surface area contributed by atoms with Gasteiger partial charge in [-0.15, -0.1) is 0 Å². The highest BCUT2D eigenvalue weighted by atomic mass is 16.6. The van der Waals surface area contributed by atoms with Gasteiger partial charge in [-0.2, -0.15) is 0 Å². The molecule has 1 aliphatic heterocycles. The zero-order valence-corrected chi connectivity index (χ0v) is 11.2. The highest BCUT2D eigenvalue weighted by Gasteiger charge is 2.23. The van der Waals surface area contributed by atoms with Crippen LogP contribution in [0, 0.1) is 10.1 Å². The molecule has 0 aliphatic carbocycles. The molecule has 1 unspecified atom stereocenters. The van der Waals surface area contributed by atoms with Crippen molar-refractivity contribution in [1.82, 2.24) is 0 Å². The maximum atomic E-state index is 11.1. The Kier molecular flexibility index (Phi) is 4.21. The number of nitro benzene ring substituents is 1. The molecule has 0 radical (unpaired) electrons. The zero-order valence-electron chi connectivity index (χ0n) is 11.2. The summed E-state index contributed by atoms with van der Waals surface area (Å²) < 4.78 is 10.7. The Hall–Kier alpha value is -1.82. The molecule has 1 fully saturated rings. The SMILES string of the molecule is COc1ccc([N+](=O)[O-])c(N2CCCOC(C)C2)c1. The lowest BCUT2D eigenvalue weighted by Gasteiger charge is -2.24. The van der Waals surface area contributed by atoms with Crippen LogP contribution in [0.2, 0.25) is 0 Å². The Balaban J connectivity index is 2.36. The summed E-state index contributed by atoms with van der Waals surface area (Å²) in [4.78, 5) is 12.8. The van der Waals surface area contributed by atoms with Gasteiger partial charge in [0, 0.05) is 31.8 Å². The van der Waals surface area contributed by atoms with Gasteiger partial charge >= 0.3 is 0 Å². The van der Waals surface area contributed by atoms with Gasteiger partial charge in [0.2, 0.25) is 0 Å². The molecule has 2 rings (SSSR count). The van der Waals surface area contributed by atoms with Gasteiger partial charge in [0.1, 0.15) is 11.4 Å². The Morgan fingerprint density at radius 1 is 1.53 bits per heavy atom. The van der Waals surface area contributed by atoms with Gasteiger partial charge in [-0.1, -0.05) is 0 Å². The molecule has 1 aliphatic rings. The number of methoxy groups -OCH3 is 1. The second-order valence-electron chi connectivity index (χ2n) is 4.59. The Labute approximate surface area is 112 Å². The van der Waals surface area contributed by atoms with Crippen molar-refractivity contribution in [2.24, 2.45) is 0 Å². The van der Waals surface area contributed by atoms with E-state index in [1.807, 2.05) is 11.8 Å². The van der Waals surface area contributed by atoms with Gasteiger partial charge < -0.3 is 14.4 Å². The van der Waals surface area contributed by atoms with E-state index >= 15 is 0 Å². The second-order valence-corrected chi connectivity index (χ2v) is 4.59. The molecule has 1 saturated heterocycles. The first-order chi connectivity index (χ1) is 9.11. The lowest BCUT2D eigenvalue weighted by Crippen LogP contribution is -2.30. The molecule has 1 heterocycles. The number of benzene rings is 1. The largest absolute Gasteiger partial charge is 0.497 e. The highest BCUT2D eigenvalue weighted by molar-refractivity contribution is 5.66. The number of hydrogen-bond acceptors (Lipinski definition) is 5. The van der Waals surface area contributed by atoms with E-state index in [1.54, 1.807) is 19.2 Å². The second kappa shape index (κ2) is 5.88. The summed E-state index contributed by atoms with van der Waals surface area (Å²) in [6.07, 6.45) is 0.923. The van der Waals surface area contributed by atoms with Crippen LogP contribution in [0.1, 0.15) is 13.3 Å². The van der Waals surface area contributed by atoms with Gasteiger partial charge in [-0.05, 0) is 19.4 Å². The number of ether oxygens (including phenoxy) is 2. The number of rotatable bonds is 3. The molecule has 0 bridgehead atoms. The molecule has 1 aromatic rings. The lowest BCUT2D eigenvalue weighted by molar-refractivity contribution is -0.384. The molecule has 0 amide bonds. The quantitative estimate of drug-likeness (QED) is 0.620. The van der Waals surface area contributed by atoms with Crippen LogP contribution in [0.3, 0.4) is 0 Å². The van der Waals surface area contributed by atoms with E-state index in [0.29, 0.717) is 24.6 Å². The maximum Gasteiger partial charge on any atom is 0.292 e. The Bertz CT molecular complexity index is 464. The average Bonchev–Trinajstić information content (AvgIpc) is 2.62. The molecular formula is C13H18N2O4. The van der Waals surface area contributed by atoms with E-state index < -0.39 is 0 Å². The fourth-order valence-electron chi connectivity index (χ4n) is 2.25. The van der Waals surface area contributed by atoms with Crippen LogP contribution in [0.15, 0.2) is 18.2 Å². The molecular weight excluding hydrogens is 248 g/mol. The van der Waals surface area contributed by atoms with Crippen molar-refractivity contribution in [3.63, 3.8) is 0 Å².